The third-order valence-corrected chi connectivity index (χ3v) is 5.93. The molecule has 0 saturated carbocycles. The van der Waals surface area contributed by atoms with Gasteiger partial charge in [0.2, 0.25) is 0 Å². The maximum absolute atomic E-state index is 11.6. The Hall–Kier alpha value is -2.66. The highest BCUT2D eigenvalue weighted by atomic mass is 32.2. The van der Waals surface area contributed by atoms with Gasteiger partial charge < -0.3 is 16.0 Å². The van der Waals surface area contributed by atoms with Crippen LogP contribution in [0.3, 0.4) is 0 Å². The molecule has 0 saturated heterocycles. The van der Waals surface area contributed by atoms with Gasteiger partial charge in [-0.05, 0) is 30.5 Å². The molecule has 11 heteroatoms. The number of sulfone groups is 1. The highest BCUT2D eigenvalue weighted by molar-refractivity contribution is 7.90. The van der Waals surface area contributed by atoms with Crippen molar-refractivity contribution in [2.45, 2.75) is 18.2 Å². The molecule has 1 aromatic carbocycles. The standard InChI is InChI=1S/C18H25N5O4S2/c1-3-19-18(21-9-8-14-5-4-12-28-14)22-11-10-20-16-7-6-15(29(2,26)27)13-17(16)23(24)25/h4-7,12-13,20H,3,8-11H2,1-2H3,(H2,19,21,22). The van der Waals surface area contributed by atoms with Crippen LogP contribution in [0.2, 0.25) is 0 Å². The zero-order chi connectivity index (χ0) is 21.3. The number of anilines is 1. The van der Waals surface area contributed by atoms with Crippen molar-refractivity contribution in [3.05, 3.63) is 50.7 Å². The molecule has 0 unspecified atom stereocenters. The zero-order valence-electron chi connectivity index (χ0n) is 16.3. The molecule has 158 valence electrons. The van der Waals surface area contributed by atoms with Crippen LogP contribution in [-0.4, -0.2) is 51.7 Å². The van der Waals surface area contributed by atoms with Crippen molar-refractivity contribution in [2.24, 2.45) is 4.99 Å². The van der Waals surface area contributed by atoms with E-state index in [1.54, 1.807) is 11.3 Å². The lowest BCUT2D eigenvalue weighted by molar-refractivity contribution is -0.384. The van der Waals surface area contributed by atoms with Gasteiger partial charge in [-0.15, -0.1) is 11.3 Å². The van der Waals surface area contributed by atoms with E-state index in [9.17, 15) is 18.5 Å². The topological polar surface area (TPSA) is 126 Å². The average molecular weight is 440 g/mol. The normalized spacial score (nSPS) is 11.9. The Balaban J connectivity index is 1.91. The van der Waals surface area contributed by atoms with Gasteiger partial charge >= 0.3 is 0 Å². The average Bonchev–Trinajstić information content (AvgIpc) is 3.17. The first-order chi connectivity index (χ1) is 13.8. The molecule has 2 aromatic rings. The smallest absolute Gasteiger partial charge is 0.293 e. The fraction of sp³-hybridized carbons (Fsp3) is 0.389. The third kappa shape index (κ3) is 7.35. The summed E-state index contributed by atoms with van der Waals surface area (Å²) < 4.78 is 23.2. The monoisotopic (exact) mass is 439 g/mol. The molecule has 0 fully saturated rings. The van der Waals surface area contributed by atoms with E-state index in [1.807, 2.05) is 18.4 Å². The van der Waals surface area contributed by atoms with Crippen LogP contribution in [0.4, 0.5) is 11.4 Å². The number of benzene rings is 1. The van der Waals surface area contributed by atoms with Gasteiger partial charge in [-0.3, -0.25) is 15.1 Å². The fourth-order valence-corrected chi connectivity index (χ4v) is 3.83. The molecule has 1 aromatic heterocycles. The van der Waals surface area contributed by atoms with Crippen LogP contribution >= 0.6 is 11.3 Å². The minimum atomic E-state index is -3.51. The van der Waals surface area contributed by atoms with Crippen LogP contribution in [-0.2, 0) is 16.3 Å². The number of nitrogens with zero attached hydrogens (tertiary/aromatic N) is 2. The van der Waals surface area contributed by atoms with Crippen LogP contribution in [0.25, 0.3) is 0 Å². The summed E-state index contributed by atoms with van der Waals surface area (Å²) in [4.78, 5) is 16.4. The SMILES string of the molecule is CCNC(=NCCc1cccs1)NCCNc1ccc(S(C)(=O)=O)cc1[N+](=O)[O-]. The molecule has 0 aliphatic heterocycles. The number of hydrogen-bond acceptors (Lipinski definition) is 7. The largest absolute Gasteiger partial charge is 0.378 e. The van der Waals surface area contributed by atoms with E-state index in [1.165, 1.54) is 17.0 Å². The van der Waals surface area contributed by atoms with Gasteiger partial charge in [-0.1, -0.05) is 6.07 Å². The number of hydrogen-bond donors (Lipinski definition) is 3. The van der Waals surface area contributed by atoms with Gasteiger partial charge in [0.05, 0.1) is 9.82 Å². The number of nitro benzene ring substituents is 1. The lowest BCUT2D eigenvalue weighted by atomic mass is 10.2. The number of nitro groups is 1. The summed E-state index contributed by atoms with van der Waals surface area (Å²) in [5.74, 6) is 0.674. The van der Waals surface area contributed by atoms with Crippen molar-refractivity contribution in [1.29, 1.82) is 0 Å². The second kappa shape index (κ2) is 10.8. The van der Waals surface area contributed by atoms with Crippen molar-refractivity contribution < 1.29 is 13.3 Å². The Bertz CT molecular complexity index is 943. The molecule has 2 rings (SSSR count). The van der Waals surface area contributed by atoms with E-state index in [-0.39, 0.29) is 16.3 Å². The Morgan fingerprint density at radius 1 is 1.24 bits per heavy atom. The third-order valence-electron chi connectivity index (χ3n) is 3.88. The van der Waals surface area contributed by atoms with E-state index in [0.717, 1.165) is 25.3 Å². The first-order valence-corrected chi connectivity index (χ1v) is 11.8. The molecule has 1 heterocycles. The predicted octanol–water partition coefficient (Wildman–Crippen LogP) is 2.27. The van der Waals surface area contributed by atoms with Crippen molar-refractivity contribution in [3.8, 4) is 0 Å². The first kappa shape index (κ1) is 22.6. The maximum Gasteiger partial charge on any atom is 0.293 e. The molecular formula is C18H25N5O4S2. The van der Waals surface area contributed by atoms with Crippen molar-refractivity contribution in [1.82, 2.24) is 10.6 Å². The van der Waals surface area contributed by atoms with Crippen molar-refractivity contribution in [3.63, 3.8) is 0 Å². The molecule has 0 spiro atoms. The van der Waals surface area contributed by atoms with Crippen LogP contribution in [0, 0.1) is 10.1 Å². The number of nitrogens with one attached hydrogen (secondary N) is 3. The number of aliphatic imine (C=N–C) groups is 1. The summed E-state index contributed by atoms with van der Waals surface area (Å²) in [7, 11) is -3.51. The lowest BCUT2D eigenvalue weighted by Gasteiger charge is -2.12. The Labute approximate surface area is 174 Å². The molecule has 0 radical (unpaired) electrons. The molecule has 0 aliphatic carbocycles. The highest BCUT2D eigenvalue weighted by Gasteiger charge is 2.18. The number of thiophene rings is 1. The van der Waals surface area contributed by atoms with Gasteiger partial charge in [-0.25, -0.2) is 8.42 Å². The summed E-state index contributed by atoms with van der Waals surface area (Å²) in [5.41, 5.74) is -0.00622. The molecule has 29 heavy (non-hydrogen) atoms. The van der Waals surface area contributed by atoms with E-state index < -0.39 is 14.8 Å². The van der Waals surface area contributed by atoms with Crippen molar-refractivity contribution >= 4 is 38.5 Å². The van der Waals surface area contributed by atoms with Gasteiger partial charge in [0.15, 0.2) is 15.8 Å². The fourth-order valence-electron chi connectivity index (χ4n) is 2.50. The summed E-state index contributed by atoms with van der Waals surface area (Å²) in [5, 5.41) is 22.6. The zero-order valence-corrected chi connectivity index (χ0v) is 18.0. The summed E-state index contributed by atoms with van der Waals surface area (Å²) in [6, 6.07) is 7.93. The molecule has 0 atom stereocenters. The molecule has 9 nitrogen and oxygen atoms in total. The molecular weight excluding hydrogens is 414 g/mol. The first-order valence-electron chi connectivity index (χ1n) is 9.08. The minimum Gasteiger partial charge on any atom is -0.378 e. The Morgan fingerprint density at radius 2 is 2.03 bits per heavy atom. The van der Waals surface area contributed by atoms with Crippen LogP contribution in [0.1, 0.15) is 11.8 Å². The van der Waals surface area contributed by atoms with E-state index in [2.05, 4.69) is 27.0 Å². The second-order valence-electron chi connectivity index (χ2n) is 6.15. The lowest BCUT2D eigenvalue weighted by Crippen LogP contribution is -2.39. The van der Waals surface area contributed by atoms with Crippen LogP contribution in [0.5, 0.6) is 0 Å². The van der Waals surface area contributed by atoms with Gasteiger partial charge in [-0.2, -0.15) is 0 Å². The predicted molar refractivity (Wildman–Crippen MR) is 117 cm³/mol. The van der Waals surface area contributed by atoms with Gasteiger partial charge in [0, 0.05) is 49.8 Å². The Kier molecular flexibility index (Phi) is 8.40. The summed E-state index contributed by atoms with van der Waals surface area (Å²) in [6.07, 6.45) is 1.88. The summed E-state index contributed by atoms with van der Waals surface area (Å²) >= 11 is 1.70. The maximum atomic E-state index is 11.6. The van der Waals surface area contributed by atoms with Gasteiger partial charge in [0.1, 0.15) is 5.69 Å². The number of rotatable bonds is 10. The molecule has 0 aliphatic rings. The molecule has 0 bridgehead atoms. The van der Waals surface area contributed by atoms with E-state index in [0.29, 0.717) is 25.6 Å². The van der Waals surface area contributed by atoms with E-state index >= 15 is 0 Å². The van der Waals surface area contributed by atoms with Crippen LogP contribution < -0.4 is 16.0 Å². The highest BCUT2D eigenvalue weighted by Crippen LogP contribution is 2.27. The second-order valence-corrected chi connectivity index (χ2v) is 9.20. The summed E-state index contributed by atoms with van der Waals surface area (Å²) in [6.45, 7) is 4.23. The quantitative estimate of drug-likeness (QED) is 0.170. The number of guanidine groups is 1. The van der Waals surface area contributed by atoms with Gasteiger partial charge in [0.25, 0.3) is 5.69 Å². The van der Waals surface area contributed by atoms with Crippen molar-refractivity contribution in [2.75, 3.05) is 37.8 Å². The molecule has 3 N–H and O–H groups in total. The Morgan fingerprint density at radius 3 is 2.66 bits per heavy atom. The van der Waals surface area contributed by atoms with Crippen LogP contribution in [0.15, 0.2) is 45.6 Å². The minimum absolute atomic E-state index is 0.0832. The molecule has 0 amide bonds. The van der Waals surface area contributed by atoms with E-state index in [4.69, 9.17) is 0 Å².